The minimum absolute atomic E-state index is 0.0691. The van der Waals surface area contributed by atoms with Crippen LogP contribution in [-0.2, 0) is 25.7 Å². The second-order valence-electron chi connectivity index (χ2n) is 6.34. The van der Waals surface area contributed by atoms with E-state index >= 15 is 0 Å². The lowest BCUT2D eigenvalue weighted by atomic mass is 10.2. The highest BCUT2D eigenvalue weighted by Crippen LogP contribution is 2.14. The van der Waals surface area contributed by atoms with Gasteiger partial charge in [0.1, 0.15) is 6.61 Å². The van der Waals surface area contributed by atoms with E-state index in [1.54, 1.807) is 5.32 Å². The molecule has 0 radical (unpaired) electrons. The third-order valence-corrected chi connectivity index (χ3v) is 4.19. The van der Waals surface area contributed by atoms with Crippen molar-refractivity contribution >= 4 is 17.8 Å². The smallest absolute Gasteiger partial charge is 0.460 e. The summed E-state index contributed by atoms with van der Waals surface area (Å²) in [7, 11) is 0. The molecule has 1 aliphatic heterocycles. The van der Waals surface area contributed by atoms with Crippen molar-refractivity contribution in [3.63, 3.8) is 0 Å². The summed E-state index contributed by atoms with van der Waals surface area (Å²) in [6.45, 7) is 1.08. The van der Waals surface area contributed by atoms with Gasteiger partial charge in [0.25, 0.3) is 0 Å². The maximum absolute atomic E-state index is 12.2. The predicted molar refractivity (Wildman–Crippen MR) is 92.9 cm³/mol. The molecule has 1 N–H and O–H groups in total. The first-order valence-corrected chi connectivity index (χ1v) is 8.80. The topological polar surface area (TPSA) is 79.0 Å². The van der Waals surface area contributed by atoms with Gasteiger partial charge < -0.3 is 15.0 Å². The lowest BCUT2D eigenvalue weighted by Crippen LogP contribution is -2.45. The summed E-state index contributed by atoms with van der Waals surface area (Å²) in [6.07, 6.45) is -4.46. The summed E-state index contributed by atoms with van der Waals surface area (Å²) >= 11 is 0. The summed E-state index contributed by atoms with van der Waals surface area (Å²) in [5.74, 6) is -3.12. The highest BCUT2D eigenvalue weighted by molar-refractivity contribution is 5.87. The number of nitrogens with one attached hydrogen (secondary N) is 1. The van der Waals surface area contributed by atoms with E-state index in [0.29, 0.717) is 26.1 Å². The van der Waals surface area contributed by atoms with Gasteiger partial charge in [0.05, 0.1) is 13.1 Å². The van der Waals surface area contributed by atoms with E-state index in [-0.39, 0.29) is 25.7 Å². The summed E-state index contributed by atoms with van der Waals surface area (Å²) in [5, 5.41) is 1.57. The van der Waals surface area contributed by atoms with E-state index in [2.05, 4.69) is 0 Å². The van der Waals surface area contributed by atoms with Gasteiger partial charge in [-0.1, -0.05) is 30.3 Å². The fourth-order valence-corrected chi connectivity index (χ4v) is 2.71. The lowest BCUT2D eigenvalue weighted by Gasteiger charge is -2.22. The second-order valence-corrected chi connectivity index (χ2v) is 6.34. The van der Waals surface area contributed by atoms with Gasteiger partial charge in [-0.05, 0) is 12.0 Å². The van der Waals surface area contributed by atoms with Crippen LogP contribution in [0.15, 0.2) is 30.3 Å². The number of esters is 1. The molecule has 0 aliphatic carbocycles. The summed E-state index contributed by atoms with van der Waals surface area (Å²) in [6, 6.07) is 9.26. The molecule has 28 heavy (non-hydrogen) atoms. The van der Waals surface area contributed by atoms with Crippen LogP contribution in [0, 0.1) is 0 Å². The molecule has 1 heterocycles. The highest BCUT2D eigenvalue weighted by atomic mass is 19.4. The van der Waals surface area contributed by atoms with Crippen LogP contribution in [0.1, 0.15) is 12.0 Å². The first kappa shape index (κ1) is 21.7. The monoisotopic (exact) mass is 401 g/mol. The first-order chi connectivity index (χ1) is 13.3. The molecule has 0 aromatic heterocycles. The van der Waals surface area contributed by atoms with Crippen molar-refractivity contribution in [2.24, 2.45) is 0 Å². The number of benzene rings is 1. The number of amides is 2. The second kappa shape index (κ2) is 10.1. The number of carbonyl (C=O) groups excluding carboxylic acids is 3. The van der Waals surface area contributed by atoms with E-state index in [4.69, 9.17) is 4.74 Å². The van der Waals surface area contributed by atoms with Gasteiger partial charge in [0, 0.05) is 26.2 Å². The van der Waals surface area contributed by atoms with E-state index in [0.717, 1.165) is 5.56 Å². The van der Waals surface area contributed by atoms with Crippen LogP contribution >= 0.6 is 0 Å². The molecule has 7 nitrogen and oxygen atoms in total. The van der Waals surface area contributed by atoms with Crippen molar-refractivity contribution in [2.45, 2.75) is 19.2 Å². The molecule has 0 saturated carbocycles. The summed E-state index contributed by atoms with van der Waals surface area (Å²) in [4.78, 5) is 38.0. The molecular weight excluding hydrogens is 379 g/mol. The number of hydrogen-bond acceptors (Lipinski definition) is 5. The highest BCUT2D eigenvalue weighted by Gasteiger charge is 2.38. The molecule has 0 unspecified atom stereocenters. The van der Waals surface area contributed by atoms with Crippen LogP contribution in [0.5, 0.6) is 0 Å². The van der Waals surface area contributed by atoms with E-state index in [9.17, 15) is 27.6 Å². The van der Waals surface area contributed by atoms with Crippen LogP contribution in [0.4, 0.5) is 13.2 Å². The maximum atomic E-state index is 12.2. The summed E-state index contributed by atoms with van der Waals surface area (Å²) < 4.78 is 41.7. The van der Waals surface area contributed by atoms with Gasteiger partial charge in [0.15, 0.2) is 0 Å². The van der Waals surface area contributed by atoms with Crippen LogP contribution in [0.3, 0.4) is 0 Å². The van der Waals surface area contributed by atoms with Gasteiger partial charge in [-0.15, -0.1) is 0 Å². The zero-order valence-electron chi connectivity index (χ0n) is 15.2. The average Bonchev–Trinajstić information content (AvgIpc) is 2.90. The van der Waals surface area contributed by atoms with E-state index in [1.165, 1.54) is 4.90 Å². The summed E-state index contributed by atoms with van der Waals surface area (Å²) in [5.41, 5.74) is 0.879. The molecule has 1 aromatic carbocycles. The molecule has 1 fully saturated rings. The normalized spacial score (nSPS) is 15.6. The van der Waals surface area contributed by atoms with Gasteiger partial charge >= 0.3 is 18.1 Å². The van der Waals surface area contributed by atoms with Gasteiger partial charge in [-0.3, -0.25) is 19.3 Å². The van der Waals surface area contributed by atoms with Crippen LogP contribution in [0.2, 0.25) is 0 Å². The van der Waals surface area contributed by atoms with Crippen molar-refractivity contribution < 1.29 is 32.3 Å². The average molecular weight is 401 g/mol. The molecule has 2 rings (SSSR count). The standard InChI is InChI=1S/C18H22F3N3O4/c19-18(20,21)17(27)22-11-15(25)24-8-4-7-23(9-10-24)12-16(26)28-13-14-5-2-1-3-6-14/h1-3,5-6H,4,7-13H2,(H,22,27). The Kier molecular flexibility index (Phi) is 7.80. The predicted octanol–water partition coefficient (Wildman–Crippen LogP) is 0.943. The zero-order valence-corrected chi connectivity index (χ0v) is 15.2. The number of rotatable bonds is 6. The van der Waals surface area contributed by atoms with Crippen molar-refractivity contribution in [3.05, 3.63) is 35.9 Å². The van der Waals surface area contributed by atoms with Gasteiger partial charge in [-0.25, -0.2) is 0 Å². The van der Waals surface area contributed by atoms with E-state index in [1.807, 2.05) is 35.2 Å². The van der Waals surface area contributed by atoms with Gasteiger partial charge in [-0.2, -0.15) is 13.2 Å². The Morgan fingerprint density at radius 2 is 1.75 bits per heavy atom. The number of ether oxygens (including phenoxy) is 1. The number of nitrogens with zero attached hydrogens (tertiary/aromatic N) is 2. The molecule has 1 aromatic rings. The largest absolute Gasteiger partial charge is 0.471 e. The maximum Gasteiger partial charge on any atom is 0.471 e. The molecule has 1 aliphatic rings. The van der Waals surface area contributed by atoms with Crippen LogP contribution in [0.25, 0.3) is 0 Å². The number of halogens is 3. The third-order valence-electron chi connectivity index (χ3n) is 4.19. The quantitative estimate of drug-likeness (QED) is 0.718. The molecule has 0 spiro atoms. The SMILES string of the molecule is O=C(CN1CCCN(C(=O)CNC(=O)C(F)(F)F)CC1)OCc1ccccc1. The van der Waals surface area contributed by atoms with E-state index < -0.39 is 24.5 Å². The Morgan fingerprint density at radius 1 is 1.04 bits per heavy atom. The van der Waals surface area contributed by atoms with Crippen molar-refractivity contribution in [3.8, 4) is 0 Å². The number of alkyl halides is 3. The molecular formula is C18H22F3N3O4. The zero-order chi connectivity index (χ0) is 20.6. The van der Waals surface area contributed by atoms with Crippen molar-refractivity contribution in [1.82, 2.24) is 15.1 Å². The lowest BCUT2D eigenvalue weighted by molar-refractivity contribution is -0.174. The first-order valence-electron chi connectivity index (χ1n) is 8.80. The number of carbonyl (C=O) groups is 3. The number of hydrogen-bond donors (Lipinski definition) is 1. The molecule has 0 bridgehead atoms. The van der Waals surface area contributed by atoms with Crippen molar-refractivity contribution in [2.75, 3.05) is 39.3 Å². The molecule has 2 amide bonds. The molecule has 1 saturated heterocycles. The van der Waals surface area contributed by atoms with Crippen molar-refractivity contribution in [1.29, 1.82) is 0 Å². The minimum atomic E-state index is -5.02. The molecule has 10 heteroatoms. The Labute approximate surface area is 160 Å². The minimum Gasteiger partial charge on any atom is -0.460 e. The Bertz CT molecular complexity index is 682. The Balaban J connectivity index is 1.72. The molecule has 154 valence electrons. The van der Waals surface area contributed by atoms with Crippen LogP contribution < -0.4 is 5.32 Å². The molecule has 0 atom stereocenters. The fraction of sp³-hybridized carbons (Fsp3) is 0.500. The third kappa shape index (κ3) is 7.18. The Morgan fingerprint density at radius 3 is 2.43 bits per heavy atom. The van der Waals surface area contributed by atoms with Gasteiger partial charge in [0.2, 0.25) is 5.91 Å². The van der Waals surface area contributed by atoms with Crippen LogP contribution in [-0.4, -0.2) is 73.0 Å². The fourth-order valence-electron chi connectivity index (χ4n) is 2.71. The Hall–Kier alpha value is -2.62.